The number of carbonyl (C=O) groups is 2. The Hall–Kier alpha value is -4.07. The van der Waals surface area contributed by atoms with Crippen LogP contribution in [0.2, 0.25) is 0 Å². The van der Waals surface area contributed by atoms with Gasteiger partial charge < -0.3 is 26.2 Å². The summed E-state index contributed by atoms with van der Waals surface area (Å²) in [7, 11) is 0. The largest absolute Gasteiger partial charge is 0.465 e. The molecule has 3 heterocycles. The lowest BCUT2D eigenvalue weighted by molar-refractivity contribution is 0.0260. The van der Waals surface area contributed by atoms with Crippen LogP contribution in [-0.2, 0) is 12.1 Å². The van der Waals surface area contributed by atoms with E-state index in [0.717, 1.165) is 11.8 Å². The number of thiazole rings is 1. The van der Waals surface area contributed by atoms with E-state index < -0.39 is 23.4 Å². The minimum Gasteiger partial charge on any atom is -0.465 e. The van der Waals surface area contributed by atoms with Gasteiger partial charge >= 0.3 is 6.09 Å². The predicted octanol–water partition coefficient (Wildman–Crippen LogP) is 5.15. The molecule has 3 aromatic heterocycles. The fourth-order valence-corrected chi connectivity index (χ4v) is 5.70. The first-order chi connectivity index (χ1) is 19.3. The van der Waals surface area contributed by atoms with Crippen LogP contribution >= 0.6 is 23.1 Å². The maximum atomic E-state index is 15.3. The van der Waals surface area contributed by atoms with Crippen molar-refractivity contribution in [2.45, 2.75) is 41.0 Å². The highest BCUT2D eigenvalue weighted by Gasteiger charge is 2.30. The van der Waals surface area contributed by atoms with Crippen LogP contribution < -0.4 is 16.0 Å². The Morgan fingerprint density at radius 2 is 1.85 bits per heavy atom. The average Bonchev–Trinajstić information content (AvgIpc) is 3.39. The molecule has 0 bridgehead atoms. The molecule has 1 unspecified atom stereocenters. The van der Waals surface area contributed by atoms with E-state index in [-0.39, 0.29) is 23.7 Å². The molecule has 4 rings (SSSR count). The van der Waals surface area contributed by atoms with E-state index >= 15 is 4.39 Å². The van der Waals surface area contributed by atoms with Gasteiger partial charge in [0.1, 0.15) is 11.4 Å². The third-order valence-electron chi connectivity index (χ3n) is 5.78. The fourth-order valence-electron chi connectivity index (χ4n) is 3.83. The van der Waals surface area contributed by atoms with E-state index in [2.05, 4.69) is 30.9 Å². The molecule has 13 heteroatoms. The Bertz CT molecular complexity index is 1460. The fraction of sp³-hybridized carbons (Fsp3) is 0.222. The smallest absolute Gasteiger partial charge is 0.404 e. The highest BCUT2D eigenvalue weighted by atomic mass is 32.2. The first kappa shape index (κ1) is 28.9. The van der Waals surface area contributed by atoms with Crippen LogP contribution in [0, 0.1) is 5.82 Å². The number of nitrogens with zero attached hydrogens (tertiary/aromatic N) is 3. The van der Waals surface area contributed by atoms with Crippen LogP contribution in [0.5, 0.6) is 0 Å². The van der Waals surface area contributed by atoms with Crippen molar-refractivity contribution >= 4 is 46.0 Å². The van der Waals surface area contributed by atoms with Gasteiger partial charge in [0.2, 0.25) is 0 Å². The van der Waals surface area contributed by atoms with Crippen molar-refractivity contribution in [2.24, 2.45) is 0 Å². The normalized spacial score (nSPS) is 12.4. The molecule has 40 heavy (non-hydrogen) atoms. The first-order valence-electron chi connectivity index (χ1n) is 12.3. The maximum Gasteiger partial charge on any atom is 0.404 e. The van der Waals surface area contributed by atoms with Gasteiger partial charge in [0.05, 0.1) is 21.8 Å². The third-order valence-corrected chi connectivity index (χ3v) is 7.83. The van der Waals surface area contributed by atoms with Crippen molar-refractivity contribution in [3.63, 3.8) is 0 Å². The predicted molar refractivity (Wildman–Crippen MR) is 150 cm³/mol. The van der Waals surface area contributed by atoms with Crippen LogP contribution in [0.1, 0.15) is 41.4 Å². The summed E-state index contributed by atoms with van der Waals surface area (Å²) >= 11 is 2.38. The average molecular weight is 583 g/mol. The maximum absolute atomic E-state index is 15.3. The molecule has 0 saturated carbocycles. The number of aliphatic hydroxyl groups is 1. The molecule has 1 aromatic carbocycles. The molecular weight excluding hydrogens is 555 g/mol. The second kappa shape index (κ2) is 13.3. The molecule has 1 atom stereocenters. The van der Waals surface area contributed by atoms with E-state index in [9.17, 15) is 14.7 Å². The molecular formula is C27H27FN6O4S2. The van der Waals surface area contributed by atoms with Gasteiger partial charge in [0, 0.05) is 18.9 Å². The highest BCUT2D eigenvalue weighted by Crippen LogP contribution is 2.36. The number of carboxylic acid groups (broad SMARTS) is 1. The quantitative estimate of drug-likeness (QED) is 0.153. The number of hydrogen-bond acceptors (Lipinski definition) is 9. The van der Waals surface area contributed by atoms with E-state index in [1.54, 1.807) is 36.7 Å². The molecule has 2 amide bonds. The number of amides is 2. The summed E-state index contributed by atoms with van der Waals surface area (Å²) in [4.78, 5) is 36.2. The van der Waals surface area contributed by atoms with Crippen LogP contribution in [0.25, 0.3) is 0 Å². The van der Waals surface area contributed by atoms with Crippen LogP contribution in [0.3, 0.4) is 0 Å². The lowest BCUT2D eigenvalue weighted by Crippen LogP contribution is -2.41. The number of pyridine rings is 2. The molecule has 5 N–H and O–H groups in total. The number of anilines is 2. The Morgan fingerprint density at radius 1 is 1.05 bits per heavy atom. The number of hydrogen-bond donors (Lipinski definition) is 5. The minimum absolute atomic E-state index is 0.0862. The third kappa shape index (κ3) is 7.52. The second-order valence-corrected chi connectivity index (χ2v) is 11.1. The molecule has 0 aliphatic carbocycles. The van der Waals surface area contributed by atoms with Gasteiger partial charge in [-0.2, -0.15) is 0 Å². The van der Waals surface area contributed by atoms with Crippen molar-refractivity contribution < 1.29 is 24.2 Å². The number of rotatable bonds is 12. The molecule has 208 valence electrons. The molecule has 0 radical (unpaired) electrons. The summed E-state index contributed by atoms with van der Waals surface area (Å²) < 4.78 is 16.0. The van der Waals surface area contributed by atoms with E-state index in [4.69, 9.17) is 5.11 Å². The number of halogens is 1. The highest BCUT2D eigenvalue weighted by molar-refractivity contribution is 8.01. The summed E-state index contributed by atoms with van der Waals surface area (Å²) in [6.07, 6.45) is 4.48. The molecule has 0 fully saturated rings. The van der Waals surface area contributed by atoms with Gasteiger partial charge in [-0.05, 0) is 29.7 Å². The molecule has 0 aliphatic rings. The number of nitrogens with one attached hydrogen (secondary N) is 3. The standard InChI is InChI=1S/C27H27FN6O4S2/c1-2-11-27(38,18-6-4-3-5-7-18)16-33-24(35)23-22(28)19(10-12-29-23)39-21-15-31-25(40-21)34-20-9-8-17(13-30-20)14-32-26(36)37/h3-10,12-13,15,32,38H,2,11,14,16H2,1H3,(H,33,35)(H,36,37)(H,30,31,34). The van der Waals surface area contributed by atoms with Crippen molar-refractivity contribution in [1.82, 2.24) is 25.6 Å². The van der Waals surface area contributed by atoms with Crippen LogP contribution in [0.4, 0.5) is 20.1 Å². The van der Waals surface area contributed by atoms with Crippen LogP contribution in [-0.4, -0.2) is 43.7 Å². The zero-order valence-electron chi connectivity index (χ0n) is 21.4. The zero-order chi connectivity index (χ0) is 28.5. The van der Waals surface area contributed by atoms with Crippen molar-refractivity contribution in [3.05, 3.63) is 89.8 Å². The monoisotopic (exact) mass is 582 g/mol. The Kier molecular flexibility index (Phi) is 9.64. The summed E-state index contributed by atoms with van der Waals surface area (Å²) in [6, 6.07) is 14.0. The van der Waals surface area contributed by atoms with Gasteiger partial charge in [-0.15, -0.1) is 0 Å². The Morgan fingerprint density at radius 3 is 2.55 bits per heavy atom. The molecule has 4 aromatic rings. The van der Waals surface area contributed by atoms with Crippen molar-refractivity contribution in [3.8, 4) is 0 Å². The second-order valence-electron chi connectivity index (χ2n) is 8.72. The van der Waals surface area contributed by atoms with E-state index in [1.807, 2.05) is 25.1 Å². The number of carbonyl (C=O) groups excluding carboxylic acids is 1. The first-order valence-corrected chi connectivity index (χ1v) is 13.9. The van der Waals surface area contributed by atoms with Gasteiger partial charge in [-0.25, -0.2) is 24.1 Å². The minimum atomic E-state index is -1.29. The SMILES string of the molecule is CCCC(O)(CNC(=O)c1nccc(Sc2cnc(Nc3ccc(CNC(=O)O)cn3)s2)c1F)c1ccccc1. The van der Waals surface area contributed by atoms with Gasteiger partial charge in [-0.1, -0.05) is 72.8 Å². The molecule has 0 saturated heterocycles. The Labute approximate surface area is 238 Å². The van der Waals surface area contributed by atoms with Crippen molar-refractivity contribution in [1.29, 1.82) is 0 Å². The zero-order valence-corrected chi connectivity index (χ0v) is 23.1. The number of aromatic nitrogens is 3. The van der Waals surface area contributed by atoms with E-state index in [0.29, 0.717) is 39.1 Å². The summed E-state index contributed by atoms with van der Waals surface area (Å²) in [5, 5.41) is 28.4. The molecule has 0 spiro atoms. The van der Waals surface area contributed by atoms with Gasteiger partial charge in [0.25, 0.3) is 5.91 Å². The summed E-state index contributed by atoms with van der Waals surface area (Å²) in [5.41, 5.74) is -0.274. The van der Waals surface area contributed by atoms with Crippen LogP contribution in [0.15, 0.2) is 76.2 Å². The van der Waals surface area contributed by atoms with Gasteiger partial charge in [-0.3, -0.25) is 4.79 Å². The molecule has 10 nitrogen and oxygen atoms in total. The lowest BCUT2D eigenvalue weighted by Gasteiger charge is -2.28. The van der Waals surface area contributed by atoms with Crippen molar-refractivity contribution in [2.75, 3.05) is 11.9 Å². The topological polar surface area (TPSA) is 149 Å². The number of benzene rings is 1. The van der Waals surface area contributed by atoms with E-state index in [1.165, 1.54) is 23.6 Å². The summed E-state index contributed by atoms with van der Waals surface area (Å²) in [5.74, 6) is -0.971. The van der Waals surface area contributed by atoms with Gasteiger partial charge in [0.15, 0.2) is 16.6 Å². The molecule has 0 aliphatic heterocycles. The Balaban J connectivity index is 1.39. The summed E-state index contributed by atoms with van der Waals surface area (Å²) in [6.45, 7) is 1.99. The lowest BCUT2D eigenvalue weighted by atomic mass is 9.89.